The second-order valence-electron chi connectivity index (χ2n) is 4.48. The summed E-state index contributed by atoms with van der Waals surface area (Å²) in [6, 6.07) is 6.70. The smallest absolute Gasteiger partial charge is 0.292 e. The summed E-state index contributed by atoms with van der Waals surface area (Å²) in [6.07, 6.45) is 0. The Kier molecular flexibility index (Phi) is 3.96. The number of hydrogen-bond acceptors (Lipinski definition) is 5. The van der Waals surface area contributed by atoms with E-state index in [1.165, 1.54) is 6.07 Å². The highest BCUT2D eigenvalue weighted by atomic mass is 16.6. The van der Waals surface area contributed by atoms with E-state index in [2.05, 4.69) is 0 Å². The molecule has 102 valence electrons. The van der Waals surface area contributed by atoms with Crippen LogP contribution in [0.3, 0.4) is 0 Å². The van der Waals surface area contributed by atoms with Crippen molar-refractivity contribution in [1.82, 2.24) is 4.90 Å². The van der Waals surface area contributed by atoms with Crippen molar-refractivity contribution in [3.63, 3.8) is 0 Å². The summed E-state index contributed by atoms with van der Waals surface area (Å²) in [7, 11) is 0. The third-order valence-electron chi connectivity index (χ3n) is 3.17. The van der Waals surface area contributed by atoms with Crippen LogP contribution in [-0.4, -0.2) is 48.5 Å². The highest BCUT2D eigenvalue weighted by molar-refractivity contribution is 5.76. The van der Waals surface area contributed by atoms with Gasteiger partial charge in [-0.15, -0.1) is 0 Å². The Morgan fingerprint density at radius 2 is 1.89 bits per heavy atom. The number of primary amides is 1. The highest BCUT2D eigenvalue weighted by Gasteiger charge is 2.23. The molecule has 0 saturated carbocycles. The number of para-hydroxylation sites is 2. The molecule has 1 aromatic carbocycles. The number of nitrogens with two attached hydrogens (primary N) is 1. The number of nitro groups is 1. The van der Waals surface area contributed by atoms with E-state index < -0.39 is 0 Å². The van der Waals surface area contributed by atoms with Gasteiger partial charge in [0.05, 0.1) is 11.5 Å². The summed E-state index contributed by atoms with van der Waals surface area (Å²) in [4.78, 5) is 25.4. The zero-order valence-corrected chi connectivity index (χ0v) is 10.5. The largest absolute Gasteiger partial charge is 0.369 e. The van der Waals surface area contributed by atoms with Gasteiger partial charge in [-0.3, -0.25) is 19.8 Å². The Morgan fingerprint density at radius 3 is 2.47 bits per heavy atom. The number of nitro benzene ring substituents is 1. The third-order valence-corrected chi connectivity index (χ3v) is 3.17. The summed E-state index contributed by atoms with van der Waals surface area (Å²) in [5.41, 5.74) is 5.90. The lowest BCUT2D eigenvalue weighted by Gasteiger charge is -2.35. The molecule has 0 aromatic heterocycles. The van der Waals surface area contributed by atoms with Gasteiger partial charge in [0.25, 0.3) is 5.69 Å². The van der Waals surface area contributed by atoms with Crippen LogP contribution in [0, 0.1) is 10.1 Å². The molecule has 0 unspecified atom stereocenters. The number of nitrogens with zero attached hydrogens (tertiary/aromatic N) is 3. The summed E-state index contributed by atoms with van der Waals surface area (Å²) >= 11 is 0. The Labute approximate surface area is 110 Å². The van der Waals surface area contributed by atoms with Gasteiger partial charge in [0, 0.05) is 32.2 Å². The number of carbonyl (C=O) groups excluding carboxylic acids is 1. The van der Waals surface area contributed by atoms with E-state index >= 15 is 0 Å². The molecule has 0 bridgehead atoms. The third kappa shape index (κ3) is 3.19. The second kappa shape index (κ2) is 5.66. The van der Waals surface area contributed by atoms with Crippen molar-refractivity contribution < 1.29 is 9.72 Å². The van der Waals surface area contributed by atoms with Gasteiger partial charge < -0.3 is 10.6 Å². The van der Waals surface area contributed by atoms with Crippen molar-refractivity contribution in [2.45, 2.75) is 0 Å². The number of rotatable bonds is 4. The first-order valence-electron chi connectivity index (χ1n) is 6.07. The minimum Gasteiger partial charge on any atom is -0.369 e. The van der Waals surface area contributed by atoms with Gasteiger partial charge in [0.2, 0.25) is 5.91 Å². The molecule has 0 aliphatic carbocycles. The number of carbonyl (C=O) groups is 1. The minimum atomic E-state index is -0.370. The zero-order valence-electron chi connectivity index (χ0n) is 10.5. The molecule has 1 saturated heterocycles. The molecular weight excluding hydrogens is 248 g/mol. The van der Waals surface area contributed by atoms with Crippen LogP contribution in [-0.2, 0) is 4.79 Å². The molecule has 1 amide bonds. The number of piperazine rings is 1. The summed E-state index contributed by atoms with van der Waals surface area (Å²) < 4.78 is 0. The van der Waals surface area contributed by atoms with Gasteiger partial charge in [-0.05, 0) is 6.07 Å². The van der Waals surface area contributed by atoms with Gasteiger partial charge >= 0.3 is 0 Å². The van der Waals surface area contributed by atoms with Gasteiger partial charge in [-0.1, -0.05) is 12.1 Å². The van der Waals surface area contributed by atoms with E-state index in [0.29, 0.717) is 31.9 Å². The van der Waals surface area contributed by atoms with Crippen LogP contribution in [0.4, 0.5) is 11.4 Å². The van der Waals surface area contributed by atoms with E-state index in [1.54, 1.807) is 18.2 Å². The highest BCUT2D eigenvalue weighted by Crippen LogP contribution is 2.28. The molecule has 0 atom stereocenters. The molecule has 19 heavy (non-hydrogen) atoms. The van der Waals surface area contributed by atoms with E-state index in [-0.39, 0.29) is 23.1 Å². The standard InChI is InChI=1S/C12H16N4O3/c13-12(17)9-14-5-7-15(8-6-14)10-3-1-2-4-11(10)16(18)19/h1-4H,5-9H2,(H2,13,17). The van der Waals surface area contributed by atoms with Crippen LogP contribution in [0.15, 0.2) is 24.3 Å². The van der Waals surface area contributed by atoms with Crippen LogP contribution in [0.2, 0.25) is 0 Å². The topological polar surface area (TPSA) is 92.7 Å². The maximum Gasteiger partial charge on any atom is 0.292 e. The summed E-state index contributed by atoms with van der Waals surface area (Å²) in [6.45, 7) is 2.89. The average Bonchev–Trinajstić information content (AvgIpc) is 2.39. The van der Waals surface area contributed by atoms with Crippen LogP contribution in [0.5, 0.6) is 0 Å². The molecule has 0 radical (unpaired) electrons. The monoisotopic (exact) mass is 264 g/mol. The van der Waals surface area contributed by atoms with Gasteiger partial charge in [-0.2, -0.15) is 0 Å². The summed E-state index contributed by atoms with van der Waals surface area (Å²) in [5.74, 6) is -0.348. The molecule has 1 aliphatic rings. The molecule has 0 spiro atoms. The Morgan fingerprint density at radius 1 is 1.26 bits per heavy atom. The maximum atomic E-state index is 11.0. The molecule has 7 nitrogen and oxygen atoms in total. The van der Waals surface area contributed by atoms with Gasteiger partial charge in [-0.25, -0.2) is 0 Å². The van der Waals surface area contributed by atoms with Gasteiger partial charge in [0.15, 0.2) is 0 Å². The molecule has 1 heterocycles. The molecule has 1 fully saturated rings. The minimum absolute atomic E-state index is 0.117. The normalized spacial score (nSPS) is 16.3. The molecule has 2 rings (SSSR count). The molecular formula is C12H16N4O3. The van der Waals surface area contributed by atoms with Crippen molar-refractivity contribution in [1.29, 1.82) is 0 Å². The van der Waals surface area contributed by atoms with Crippen molar-refractivity contribution in [2.75, 3.05) is 37.6 Å². The first-order chi connectivity index (χ1) is 9.08. The fourth-order valence-corrected chi connectivity index (χ4v) is 2.25. The average molecular weight is 264 g/mol. The number of amides is 1. The fraction of sp³-hybridized carbons (Fsp3) is 0.417. The lowest BCUT2D eigenvalue weighted by molar-refractivity contribution is -0.384. The Balaban J connectivity index is 2.05. The van der Waals surface area contributed by atoms with E-state index in [9.17, 15) is 14.9 Å². The zero-order chi connectivity index (χ0) is 13.8. The second-order valence-corrected chi connectivity index (χ2v) is 4.48. The predicted molar refractivity (Wildman–Crippen MR) is 70.9 cm³/mol. The molecule has 2 N–H and O–H groups in total. The van der Waals surface area contributed by atoms with E-state index in [0.717, 1.165) is 0 Å². The predicted octanol–water partition coefficient (Wildman–Crippen LogP) is 0.202. The first-order valence-corrected chi connectivity index (χ1v) is 6.07. The number of anilines is 1. The van der Waals surface area contributed by atoms with E-state index in [4.69, 9.17) is 5.73 Å². The van der Waals surface area contributed by atoms with Crippen LogP contribution in [0.1, 0.15) is 0 Å². The van der Waals surface area contributed by atoms with Crippen molar-refractivity contribution in [3.8, 4) is 0 Å². The Bertz CT molecular complexity index is 484. The summed E-state index contributed by atoms with van der Waals surface area (Å²) in [5, 5.41) is 11.0. The molecule has 7 heteroatoms. The molecule has 1 aromatic rings. The van der Waals surface area contributed by atoms with Crippen LogP contribution >= 0.6 is 0 Å². The SMILES string of the molecule is NC(=O)CN1CCN(c2ccccc2[N+](=O)[O-])CC1. The lowest BCUT2D eigenvalue weighted by atomic mass is 10.2. The van der Waals surface area contributed by atoms with E-state index in [1.807, 2.05) is 9.80 Å². The van der Waals surface area contributed by atoms with Crippen molar-refractivity contribution >= 4 is 17.3 Å². The van der Waals surface area contributed by atoms with Crippen molar-refractivity contribution in [2.24, 2.45) is 5.73 Å². The van der Waals surface area contributed by atoms with Gasteiger partial charge in [0.1, 0.15) is 5.69 Å². The fourth-order valence-electron chi connectivity index (χ4n) is 2.25. The number of benzene rings is 1. The molecule has 1 aliphatic heterocycles. The van der Waals surface area contributed by atoms with Crippen LogP contribution in [0.25, 0.3) is 0 Å². The van der Waals surface area contributed by atoms with Crippen LogP contribution < -0.4 is 10.6 Å². The van der Waals surface area contributed by atoms with Crippen molar-refractivity contribution in [3.05, 3.63) is 34.4 Å². The lowest BCUT2D eigenvalue weighted by Crippen LogP contribution is -2.49. The maximum absolute atomic E-state index is 11.0. The number of hydrogen-bond donors (Lipinski definition) is 1. The Hall–Kier alpha value is -2.15. The quantitative estimate of drug-likeness (QED) is 0.619. The first kappa shape index (κ1) is 13.3.